The van der Waals surface area contributed by atoms with Crippen LogP contribution in [-0.2, 0) is 14.2 Å². The Morgan fingerprint density at radius 2 is 1.91 bits per heavy atom. The highest BCUT2D eigenvalue weighted by Gasteiger charge is 2.34. The van der Waals surface area contributed by atoms with Gasteiger partial charge in [-0.2, -0.15) is 0 Å². The van der Waals surface area contributed by atoms with Gasteiger partial charge in [-0.05, 0) is 76.5 Å². The third-order valence-electron chi connectivity index (χ3n) is 8.19. The van der Waals surface area contributed by atoms with Crippen LogP contribution in [0.5, 0.6) is 0 Å². The fraction of sp³-hybridized carbons (Fsp3) is 0.719. The van der Waals surface area contributed by atoms with E-state index in [1.165, 1.54) is 12.0 Å². The number of amides is 4. The molecule has 44 heavy (non-hydrogen) atoms. The number of rotatable bonds is 11. The number of aliphatic hydroxyl groups is 1. The number of nitrogens with one attached hydrogen (secondary N) is 2. The number of aliphatic hydroxyl groups excluding tert-OH is 1. The number of hydrogen-bond donors (Lipinski definition) is 3. The van der Waals surface area contributed by atoms with Crippen LogP contribution in [0, 0.1) is 11.8 Å². The third-order valence-corrected chi connectivity index (χ3v) is 8.42. The topological polar surface area (TPSA) is 130 Å². The maximum absolute atomic E-state index is 13.7. The number of piperidine rings is 1. The Kier molecular flexibility index (Phi) is 13.9. The number of halogens is 1. The minimum atomic E-state index is -0.635. The Morgan fingerprint density at radius 1 is 1.16 bits per heavy atom. The van der Waals surface area contributed by atoms with Crippen molar-refractivity contribution in [1.29, 1.82) is 0 Å². The van der Waals surface area contributed by atoms with Crippen LogP contribution in [0.4, 0.5) is 14.4 Å². The zero-order valence-corrected chi connectivity index (χ0v) is 27.6. The molecule has 0 aromatic heterocycles. The van der Waals surface area contributed by atoms with E-state index in [1.807, 2.05) is 39.0 Å². The Balaban J connectivity index is 1.71. The lowest BCUT2D eigenvalue weighted by atomic mass is 9.82. The molecule has 4 amide bonds. The number of ether oxygens (including phenoxy) is 3. The lowest BCUT2D eigenvalue weighted by molar-refractivity contribution is -0.00892. The lowest BCUT2D eigenvalue weighted by Gasteiger charge is -2.39. The van der Waals surface area contributed by atoms with Gasteiger partial charge in [-0.1, -0.05) is 36.6 Å². The van der Waals surface area contributed by atoms with E-state index in [1.54, 1.807) is 18.0 Å². The smallest absolute Gasteiger partial charge is 0.410 e. The van der Waals surface area contributed by atoms with Crippen molar-refractivity contribution in [3.05, 3.63) is 34.9 Å². The second-order valence-electron chi connectivity index (χ2n) is 13.0. The number of nitrogens with zero attached hydrogens (tertiary/aromatic N) is 2. The largest absolute Gasteiger partial charge is 0.453 e. The summed E-state index contributed by atoms with van der Waals surface area (Å²) >= 11 is 6.32. The van der Waals surface area contributed by atoms with E-state index in [2.05, 4.69) is 15.4 Å². The SMILES string of the molecule is COC(=O)NCCOC(c1cccc(Cl)c1)[C@@H]1CCCN(C(=O)NC(C[C@H]2CCCC[C@@H]2O)CN(C)C(=O)OC(C)(C)C)C1. The van der Waals surface area contributed by atoms with Gasteiger partial charge in [-0.15, -0.1) is 0 Å². The van der Waals surface area contributed by atoms with Crippen LogP contribution < -0.4 is 10.6 Å². The van der Waals surface area contributed by atoms with Gasteiger partial charge in [0.2, 0.25) is 0 Å². The molecule has 12 heteroatoms. The fourth-order valence-electron chi connectivity index (χ4n) is 6.06. The van der Waals surface area contributed by atoms with E-state index >= 15 is 0 Å². The van der Waals surface area contributed by atoms with Crippen LogP contribution in [0.1, 0.15) is 77.4 Å². The molecule has 0 radical (unpaired) electrons. The van der Waals surface area contributed by atoms with Gasteiger partial charge in [0.1, 0.15) is 5.60 Å². The summed E-state index contributed by atoms with van der Waals surface area (Å²) in [5, 5.41) is 17.1. The maximum Gasteiger partial charge on any atom is 0.410 e. The third kappa shape index (κ3) is 11.6. The first-order chi connectivity index (χ1) is 20.9. The highest BCUT2D eigenvalue weighted by molar-refractivity contribution is 6.30. The summed E-state index contributed by atoms with van der Waals surface area (Å²) in [5.41, 5.74) is 0.273. The molecule has 1 aromatic rings. The molecule has 5 atom stereocenters. The summed E-state index contributed by atoms with van der Waals surface area (Å²) in [7, 11) is 2.98. The predicted molar refractivity (Wildman–Crippen MR) is 169 cm³/mol. The van der Waals surface area contributed by atoms with Gasteiger partial charge in [0.05, 0.1) is 25.9 Å². The molecule has 2 unspecified atom stereocenters. The Hall–Kier alpha value is -2.76. The van der Waals surface area contributed by atoms with E-state index in [0.717, 1.165) is 44.1 Å². The number of methoxy groups -OCH3 is 1. The van der Waals surface area contributed by atoms with Gasteiger partial charge >= 0.3 is 18.2 Å². The van der Waals surface area contributed by atoms with E-state index in [4.69, 9.17) is 21.1 Å². The number of carbonyl (C=O) groups is 3. The first-order valence-corrected chi connectivity index (χ1v) is 16.1. The Bertz CT molecular complexity index is 1080. The quantitative estimate of drug-likeness (QED) is 0.279. The van der Waals surface area contributed by atoms with Crippen LogP contribution in [0.2, 0.25) is 5.02 Å². The molecular formula is C32H51ClN4O7. The zero-order valence-electron chi connectivity index (χ0n) is 26.9. The number of benzene rings is 1. The molecule has 1 heterocycles. The Morgan fingerprint density at radius 3 is 2.59 bits per heavy atom. The molecule has 3 N–H and O–H groups in total. The predicted octanol–water partition coefficient (Wildman–Crippen LogP) is 5.35. The van der Waals surface area contributed by atoms with Gasteiger partial charge in [-0.25, -0.2) is 14.4 Å². The van der Waals surface area contributed by atoms with E-state index in [9.17, 15) is 19.5 Å². The summed E-state index contributed by atoms with van der Waals surface area (Å²) in [4.78, 5) is 41.3. The first-order valence-electron chi connectivity index (χ1n) is 15.7. The maximum atomic E-state index is 13.7. The summed E-state index contributed by atoms with van der Waals surface area (Å²) < 4.78 is 16.5. The number of alkyl carbamates (subject to hydrolysis) is 1. The zero-order chi connectivity index (χ0) is 32.3. The molecule has 0 bridgehead atoms. The molecule has 1 saturated carbocycles. The second kappa shape index (κ2) is 17.1. The van der Waals surface area contributed by atoms with Gasteiger partial charge in [0.15, 0.2) is 0 Å². The molecule has 248 valence electrons. The molecule has 1 aliphatic heterocycles. The van der Waals surface area contributed by atoms with E-state index < -0.39 is 23.9 Å². The lowest BCUT2D eigenvalue weighted by Crippen LogP contribution is -2.53. The highest BCUT2D eigenvalue weighted by atomic mass is 35.5. The summed E-state index contributed by atoms with van der Waals surface area (Å²) in [6, 6.07) is 6.94. The monoisotopic (exact) mass is 638 g/mol. The summed E-state index contributed by atoms with van der Waals surface area (Å²) in [6.07, 6.45) is 4.15. The van der Waals surface area contributed by atoms with Crippen molar-refractivity contribution in [2.45, 2.75) is 89.6 Å². The first kappa shape index (κ1) is 35.7. The average molecular weight is 639 g/mol. The summed E-state index contributed by atoms with van der Waals surface area (Å²) in [6.45, 7) is 7.32. The molecule has 2 fully saturated rings. The van der Waals surface area contributed by atoms with Crippen molar-refractivity contribution in [3.63, 3.8) is 0 Å². The van der Waals surface area contributed by atoms with Crippen LogP contribution in [0.3, 0.4) is 0 Å². The van der Waals surface area contributed by atoms with Crippen molar-refractivity contribution >= 4 is 29.8 Å². The van der Waals surface area contributed by atoms with E-state index in [0.29, 0.717) is 24.5 Å². The molecule has 3 rings (SSSR count). The van der Waals surface area contributed by atoms with Gasteiger partial charge in [-0.3, -0.25) is 0 Å². The molecular weight excluding hydrogens is 588 g/mol. The standard InChI is InChI=1S/C32H51ClN4O7/c1-32(2,3)44-31(41)36(4)21-26(19-22-10-6-7-14-27(22)38)35-29(39)37-16-9-12-24(20-37)28(23-11-8-13-25(33)18-23)43-17-15-34-30(40)42-5/h8,11,13,18,22,24,26-28,38H,6-7,9-10,12,14-17,19-21H2,1-5H3,(H,34,40)(H,35,39)/t22-,24-,26?,27+,28?/m1/s1. The number of carbonyl (C=O) groups excluding carboxylic acids is 3. The van der Waals surface area contributed by atoms with Crippen molar-refractivity contribution in [1.82, 2.24) is 20.4 Å². The van der Waals surface area contributed by atoms with Crippen LogP contribution in [-0.4, -0.2) is 97.8 Å². The normalized spacial score (nSPS) is 22.0. The van der Waals surface area contributed by atoms with Crippen molar-refractivity contribution in [2.75, 3.05) is 46.9 Å². The number of likely N-dealkylation sites (N-methyl/N-ethyl adjacent to an activating group) is 1. The molecule has 1 aromatic carbocycles. The van der Waals surface area contributed by atoms with Crippen molar-refractivity contribution < 1.29 is 33.7 Å². The van der Waals surface area contributed by atoms with Gasteiger partial charge < -0.3 is 39.8 Å². The molecule has 2 aliphatic rings. The molecule has 1 aliphatic carbocycles. The summed E-state index contributed by atoms with van der Waals surface area (Å²) in [5.74, 6) is 0.0450. The van der Waals surface area contributed by atoms with Gasteiger partial charge in [0, 0.05) is 50.2 Å². The average Bonchev–Trinajstić information content (AvgIpc) is 2.97. The van der Waals surface area contributed by atoms with E-state index in [-0.39, 0.29) is 49.7 Å². The van der Waals surface area contributed by atoms with Crippen molar-refractivity contribution in [2.24, 2.45) is 11.8 Å². The number of hydrogen-bond acceptors (Lipinski definition) is 7. The Labute approximate surface area is 266 Å². The van der Waals surface area contributed by atoms with Gasteiger partial charge in [0.25, 0.3) is 0 Å². The number of urea groups is 1. The molecule has 0 spiro atoms. The second-order valence-corrected chi connectivity index (χ2v) is 13.4. The minimum absolute atomic E-state index is 0.00542. The molecule has 1 saturated heterocycles. The van der Waals surface area contributed by atoms with Crippen LogP contribution >= 0.6 is 11.6 Å². The van der Waals surface area contributed by atoms with Crippen molar-refractivity contribution in [3.8, 4) is 0 Å². The van der Waals surface area contributed by atoms with Crippen LogP contribution in [0.25, 0.3) is 0 Å². The fourth-order valence-corrected chi connectivity index (χ4v) is 6.26. The highest BCUT2D eigenvalue weighted by Crippen LogP contribution is 2.34. The van der Waals surface area contributed by atoms with Crippen LogP contribution in [0.15, 0.2) is 24.3 Å². The molecule has 11 nitrogen and oxygen atoms in total. The minimum Gasteiger partial charge on any atom is -0.453 e. The number of likely N-dealkylation sites (tertiary alicyclic amines) is 1.